The van der Waals surface area contributed by atoms with E-state index in [1.54, 1.807) is 0 Å². The smallest absolute Gasteiger partial charge is 0.239 e. The van der Waals surface area contributed by atoms with Crippen LogP contribution in [0.15, 0.2) is 39.5 Å². The van der Waals surface area contributed by atoms with Crippen LogP contribution in [0.4, 0.5) is 0 Å². The minimum atomic E-state index is -1.93. The second-order valence-corrected chi connectivity index (χ2v) is 10.6. The van der Waals surface area contributed by atoms with Gasteiger partial charge in [-0.3, -0.25) is 4.79 Å². The number of phenols is 2. The van der Waals surface area contributed by atoms with E-state index in [0.717, 1.165) is 0 Å². The number of aromatic hydroxyl groups is 2. The highest BCUT2D eigenvalue weighted by Crippen LogP contribution is 2.40. The molecule has 0 amide bonds. The van der Waals surface area contributed by atoms with E-state index in [2.05, 4.69) is 0 Å². The van der Waals surface area contributed by atoms with Crippen LogP contribution in [0.1, 0.15) is 6.92 Å². The Labute approximate surface area is 254 Å². The van der Waals surface area contributed by atoms with E-state index in [9.17, 15) is 45.6 Å². The minimum Gasteiger partial charge on any atom is -0.507 e. The molecule has 0 spiro atoms. The molecular formula is C29H34O16. The lowest BCUT2D eigenvalue weighted by Crippen LogP contribution is -2.61. The van der Waals surface area contributed by atoms with Crippen molar-refractivity contribution < 1.29 is 73.7 Å². The van der Waals surface area contributed by atoms with Gasteiger partial charge in [0.25, 0.3) is 0 Å². The number of hydrogen-bond acceptors (Lipinski definition) is 16. The molecule has 16 nitrogen and oxygen atoms in total. The van der Waals surface area contributed by atoms with Crippen LogP contribution in [-0.4, -0.2) is 123 Å². The summed E-state index contributed by atoms with van der Waals surface area (Å²) in [6, 6.07) is 6.54. The lowest BCUT2D eigenvalue weighted by atomic mass is 9.98. The molecule has 8 N–H and O–H groups in total. The summed E-state index contributed by atoms with van der Waals surface area (Å²) in [6.07, 6.45) is -15.9. The maximum absolute atomic E-state index is 13.8. The molecule has 3 aromatic rings. The molecule has 3 heterocycles. The third-order valence-electron chi connectivity index (χ3n) is 7.72. The molecule has 246 valence electrons. The number of aliphatic hydroxyl groups excluding tert-OH is 6. The van der Waals surface area contributed by atoms with Gasteiger partial charge in [0, 0.05) is 17.7 Å². The number of methoxy groups -OCH3 is 2. The Morgan fingerprint density at radius 2 is 1.47 bits per heavy atom. The molecule has 1 aromatic heterocycles. The van der Waals surface area contributed by atoms with Crippen LogP contribution in [0.3, 0.4) is 0 Å². The van der Waals surface area contributed by atoms with Gasteiger partial charge in [-0.1, -0.05) is 0 Å². The first-order valence-corrected chi connectivity index (χ1v) is 13.8. The lowest BCUT2D eigenvalue weighted by molar-refractivity contribution is -0.318. The Morgan fingerprint density at radius 1 is 0.778 bits per heavy atom. The molecule has 0 saturated carbocycles. The summed E-state index contributed by atoms with van der Waals surface area (Å²) in [5.41, 5.74) is -0.936. The lowest BCUT2D eigenvalue weighted by Gasteiger charge is -2.42. The third kappa shape index (κ3) is 6.11. The number of hydrogen-bond donors (Lipinski definition) is 8. The highest BCUT2D eigenvalue weighted by Gasteiger charge is 2.47. The van der Waals surface area contributed by atoms with Gasteiger partial charge in [-0.2, -0.15) is 0 Å². The molecule has 16 heteroatoms. The number of phenolic OH excluding ortho intramolecular Hbond substituents is 2. The van der Waals surface area contributed by atoms with Crippen molar-refractivity contribution in [2.45, 2.75) is 68.3 Å². The molecular weight excluding hydrogens is 604 g/mol. The number of rotatable bonds is 8. The van der Waals surface area contributed by atoms with E-state index in [4.69, 9.17) is 32.8 Å². The van der Waals surface area contributed by atoms with Gasteiger partial charge < -0.3 is 73.7 Å². The summed E-state index contributed by atoms with van der Waals surface area (Å²) >= 11 is 0. The van der Waals surface area contributed by atoms with Gasteiger partial charge in [-0.15, -0.1) is 0 Å². The van der Waals surface area contributed by atoms with Gasteiger partial charge >= 0.3 is 0 Å². The first-order chi connectivity index (χ1) is 21.4. The maximum Gasteiger partial charge on any atom is 0.239 e. The van der Waals surface area contributed by atoms with Crippen LogP contribution >= 0.6 is 0 Å². The van der Waals surface area contributed by atoms with Crippen molar-refractivity contribution in [1.82, 2.24) is 0 Å². The molecule has 0 unspecified atom stereocenters. The van der Waals surface area contributed by atoms with Crippen molar-refractivity contribution in [2.75, 3.05) is 20.8 Å². The highest BCUT2D eigenvalue weighted by atomic mass is 16.7. The largest absolute Gasteiger partial charge is 0.507 e. The Hall–Kier alpha value is -3.71. The van der Waals surface area contributed by atoms with Crippen LogP contribution in [0.25, 0.3) is 22.3 Å². The summed E-state index contributed by atoms with van der Waals surface area (Å²) < 4.78 is 38.5. The first kappa shape index (κ1) is 32.7. The van der Waals surface area contributed by atoms with Crippen LogP contribution in [-0.2, 0) is 14.2 Å². The monoisotopic (exact) mass is 638 g/mol. The summed E-state index contributed by atoms with van der Waals surface area (Å²) in [7, 11) is 2.68. The van der Waals surface area contributed by atoms with Gasteiger partial charge in [0.2, 0.25) is 17.5 Å². The van der Waals surface area contributed by atoms with Gasteiger partial charge in [-0.05, 0) is 25.1 Å². The molecule has 2 aliphatic rings. The van der Waals surface area contributed by atoms with Crippen molar-refractivity contribution in [3.63, 3.8) is 0 Å². The first-order valence-electron chi connectivity index (χ1n) is 13.8. The summed E-state index contributed by atoms with van der Waals surface area (Å²) in [5, 5.41) is 82.9. The Morgan fingerprint density at radius 3 is 2.13 bits per heavy atom. The second kappa shape index (κ2) is 13.0. The zero-order chi connectivity index (χ0) is 32.7. The van der Waals surface area contributed by atoms with Gasteiger partial charge in [0.15, 0.2) is 23.5 Å². The zero-order valence-electron chi connectivity index (χ0n) is 24.2. The zero-order valence-corrected chi connectivity index (χ0v) is 24.2. The van der Waals surface area contributed by atoms with E-state index < -0.39 is 84.9 Å². The van der Waals surface area contributed by atoms with E-state index in [1.165, 1.54) is 51.5 Å². The van der Waals surface area contributed by atoms with Crippen LogP contribution in [0, 0.1) is 0 Å². The van der Waals surface area contributed by atoms with Crippen LogP contribution < -0.4 is 19.6 Å². The topological polar surface area (TPSA) is 247 Å². The Kier molecular flexibility index (Phi) is 9.41. The summed E-state index contributed by atoms with van der Waals surface area (Å²) in [4.78, 5) is 13.8. The molecule has 10 atom stereocenters. The molecule has 0 radical (unpaired) electrons. The predicted molar refractivity (Wildman–Crippen MR) is 150 cm³/mol. The molecule has 0 aliphatic carbocycles. The minimum absolute atomic E-state index is 0.105. The molecule has 2 saturated heterocycles. The number of fused-ring (bicyclic) bond motifs is 1. The normalized spacial score (nSPS) is 31.9. The second-order valence-electron chi connectivity index (χ2n) is 10.6. The van der Waals surface area contributed by atoms with Crippen molar-refractivity contribution >= 4 is 11.0 Å². The molecule has 5 rings (SSSR count). The average molecular weight is 639 g/mol. The quantitative estimate of drug-likeness (QED) is 0.146. The fourth-order valence-electron chi connectivity index (χ4n) is 5.11. The Bertz CT molecular complexity index is 1570. The highest BCUT2D eigenvalue weighted by molar-refractivity contribution is 5.88. The molecule has 45 heavy (non-hydrogen) atoms. The standard InChI is InChI=1S/C29H34O16/c1-10-19(32)22(35)24(37)28(42-10)41-9-17-20(33)23(36)25(38)29(44-17)45-27-21(34)18-14(31)7-12(39-2)8-16(18)43-26(27)11-4-5-15(40-3)13(30)6-11/h4-8,10,17,19-20,22-25,28-33,35-38H,9H2,1-3H3/t10-,17+,19-,20+,22+,23-,24+,25+,28+,29-/m1/s1. The van der Waals surface area contributed by atoms with Crippen LogP contribution in [0.5, 0.6) is 28.7 Å². The van der Waals surface area contributed by atoms with Crippen molar-refractivity contribution in [3.05, 3.63) is 40.6 Å². The van der Waals surface area contributed by atoms with Crippen molar-refractivity contribution in [1.29, 1.82) is 0 Å². The predicted octanol–water partition coefficient (Wildman–Crippen LogP) is -1.08. The van der Waals surface area contributed by atoms with E-state index in [1.807, 2.05) is 0 Å². The molecule has 0 bridgehead atoms. The summed E-state index contributed by atoms with van der Waals surface area (Å²) in [6.45, 7) is 0.864. The van der Waals surface area contributed by atoms with E-state index >= 15 is 0 Å². The van der Waals surface area contributed by atoms with E-state index in [0.29, 0.717) is 0 Å². The van der Waals surface area contributed by atoms with Crippen molar-refractivity contribution in [3.8, 4) is 40.1 Å². The fourth-order valence-corrected chi connectivity index (χ4v) is 5.11. The maximum atomic E-state index is 13.8. The van der Waals surface area contributed by atoms with Crippen molar-refractivity contribution in [2.24, 2.45) is 0 Å². The van der Waals surface area contributed by atoms with Gasteiger partial charge in [0.1, 0.15) is 65.2 Å². The number of aliphatic hydroxyl groups is 6. The number of ether oxygens (including phenoxy) is 6. The van der Waals surface area contributed by atoms with Gasteiger partial charge in [-0.25, -0.2) is 0 Å². The average Bonchev–Trinajstić information content (AvgIpc) is 3.02. The molecule has 2 fully saturated rings. The SMILES string of the molecule is COc1cc(O)c2c(=O)c(O[C@H]3O[C@@H](CO[C@H]4O[C@H](C)[C@@H](O)[C@H](O)[C@@H]4O)[C@H](O)[C@@H](O)[C@@H]3O)c(-c3ccc(OC)c(O)c3)oc2c1. The molecule has 2 aromatic carbocycles. The van der Waals surface area contributed by atoms with Crippen LogP contribution in [0.2, 0.25) is 0 Å². The Balaban J connectivity index is 1.50. The fraction of sp³-hybridized carbons (Fsp3) is 0.483. The number of benzene rings is 2. The van der Waals surface area contributed by atoms with Gasteiger partial charge in [0.05, 0.1) is 26.9 Å². The molecule has 2 aliphatic heterocycles. The summed E-state index contributed by atoms with van der Waals surface area (Å²) in [5.74, 6) is -1.44. The third-order valence-corrected chi connectivity index (χ3v) is 7.72. The van der Waals surface area contributed by atoms with E-state index in [-0.39, 0.29) is 39.5 Å².